The summed E-state index contributed by atoms with van der Waals surface area (Å²) < 4.78 is 30.9. The third-order valence-corrected chi connectivity index (χ3v) is 9.16. The van der Waals surface area contributed by atoms with E-state index in [4.69, 9.17) is 14.2 Å². The normalized spacial score (nSPS) is 19.2. The van der Waals surface area contributed by atoms with Gasteiger partial charge in [0.2, 0.25) is 5.91 Å². The average molecular weight is 674 g/mol. The Morgan fingerprint density at radius 1 is 1.04 bits per heavy atom. The lowest BCUT2D eigenvalue weighted by molar-refractivity contribution is -0.124. The molecule has 0 aromatic heterocycles. The Kier molecular flexibility index (Phi) is 9.83. The van der Waals surface area contributed by atoms with Crippen LogP contribution < -0.4 is 14.5 Å². The Morgan fingerprint density at radius 3 is 2.55 bits per heavy atom. The topological polar surface area (TPSA) is 109 Å². The molecule has 3 aromatic rings. The molecular formula is C38H44FN3O7. The first-order valence-corrected chi connectivity index (χ1v) is 16.9. The van der Waals surface area contributed by atoms with Crippen LogP contribution >= 0.6 is 0 Å². The monoisotopic (exact) mass is 673 g/mol. The Hall–Kier alpha value is -4.64. The number of carbonyl (C=O) groups is 3. The second kappa shape index (κ2) is 14.1. The number of likely N-dealkylation sites (tertiary alicyclic amines) is 1. The molecule has 0 radical (unpaired) electrons. The molecule has 11 heteroatoms. The van der Waals surface area contributed by atoms with Crippen molar-refractivity contribution in [1.29, 1.82) is 0 Å². The van der Waals surface area contributed by atoms with Crippen molar-refractivity contribution in [2.24, 2.45) is 5.92 Å². The number of halogens is 1. The summed E-state index contributed by atoms with van der Waals surface area (Å²) in [5.41, 5.74) is 2.70. The molecule has 1 N–H and O–H groups in total. The van der Waals surface area contributed by atoms with Crippen LogP contribution in [0.3, 0.4) is 0 Å². The standard InChI is InChI=1S/C38H44FN3O7/c1-38(2,3)49-37(46)40-15-13-31(25-8-5-7-24(17-25)26-18-27(39)20-30(43)19-26)32(22-40)36(45)42(28-9-10-28)29-11-12-34-33(21-29)41(14-6-16-47-4)35(44)23-48-34/h5,7-8,11-12,17-21,28,31-32,43H,6,9-10,13-16,22-23H2,1-4H3/t31-,32+/m1/s1. The van der Waals surface area contributed by atoms with Gasteiger partial charge in [-0.3, -0.25) is 9.59 Å². The van der Waals surface area contributed by atoms with E-state index >= 15 is 0 Å². The van der Waals surface area contributed by atoms with Crippen LogP contribution in [0.4, 0.5) is 20.6 Å². The number of phenolic OH excluding ortho intramolecular Hbond substituents is 1. The van der Waals surface area contributed by atoms with Crippen molar-refractivity contribution >= 4 is 29.3 Å². The van der Waals surface area contributed by atoms with Crippen LogP contribution in [-0.4, -0.2) is 79.5 Å². The highest BCUT2D eigenvalue weighted by atomic mass is 19.1. The van der Waals surface area contributed by atoms with Crippen molar-refractivity contribution in [3.63, 3.8) is 0 Å². The maximum Gasteiger partial charge on any atom is 0.410 e. The van der Waals surface area contributed by atoms with Crippen LogP contribution in [0.2, 0.25) is 0 Å². The number of nitrogens with zero attached hydrogens (tertiary/aromatic N) is 3. The predicted octanol–water partition coefficient (Wildman–Crippen LogP) is 6.50. The molecule has 6 rings (SSSR count). The number of rotatable bonds is 9. The van der Waals surface area contributed by atoms with E-state index in [1.165, 1.54) is 12.1 Å². The minimum absolute atomic E-state index is 0.0214. The van der Waals surface area contributed by atoms with Crippen molar-refractivity contribution in [2.45, 2.75) is 64.0 Å². The van der Waals surface area contributed by atoms with Gasteiger partial charge in [-0.1, -0.05) is 24.3 Å². The number of carbonyl (C=O) groups excluding carboxylic acids is 3. The van der Waals surface area contributed by atoms with Crippen molar-refractivity contribution in [1.82, 2.24) is 4.90 Å². The van der Waals surface area contributed by atoms with E-state index in [2.05, 4.69) is 0 Å². The van der Waals surface area contributed by atoms with Gasteiger partial charge in [0.25, 0.3) is 5.91 Å². The highest BCUT2D eigenvalue weighted by molar-refractivity contribution is 6.01. The molecule has 260 valence electrons. The average Bonchev–Trinajstić information content (AvgIpc) is 3.90. The molecule has 10 nitrogen and oxygen atoms in total. The SMILES string of the molecule is COCCCN1C(=O)COc2ccc(N(C(=O)[C@H]3CN(C(=O)OC(C)(C)C)CC[C@@H]3c3cccc(-c4cc(O)cc(F)c4)c3)C3CC3)cc21. The molecule has 0 bridgehead atoms. The molecule has 0 unspecified atom stereocenters. The number of fused-ring (bicyclic) bond motifs is 1. The Balaban J connectivity index is 1.36. The van der Waals surface area contributed by atoms with E-state index in [1.54, 1.807) is 16.9 Å². The van der Waals surface area contributed by atoms with Gasteiger partial charge in [0, 0.05) is 51.1 Å². The van der Waals surface area contributed by atoms with E-state index in [9.17, 15) is 23.9 Å². The van der Waals surface area contributed by atoms with Crippen LogP contribution in [0, 0.1) is 11.7 Å². The maximum absolute atomic E-state index is 14.9. The number of hydrogen-bond acceptors (Lipinski definition) is 7. The van der Waals surface area contributed by atoms with Gasteiger partial charge >= 0.3 is 6.09 Å². The van der Waals surface area contributed by atoms with Crippen molar-refractivity contribution in [3.05, 3.63) is 72.0 Å². The van der Waals surface area contributed by atoms with E-state index in [0.29, 0.717) is 60.8 Å². The summed E-state index contributed by atoms with van der Waals surface area (Å²) in [4.78, 5) is 46.3. The number of aromatic hydroxyl groups is 1. The second-order valence-electron chi connectivity index (χ2n) is 14.0. The fraction of sp³-hybridized carbons (Fsp3) is 0.447. The fourth-order valence-electron chi connectivity index (χ4n) is 6.77. The molecule has 3 aromatic carbocycles. The molecule has 1 aliphatic carbocycles. The molecule has 3 amide bonds. The summed E-state index contributed by atoms with van der Waals surface area (Å²) in [5, 5.41) is 10.1. The Morgan fingerprint density at radius 2 is 1.84 bits per heavy atom. The van der Waals surface area contributed by atoms with Gasteiger partial charge in [-0.25, -0.2) is 9.18 Å². The molecule has 0 spiro atoms. The summed E-state index contributed by atoms with van der Waals surface area (Å²) in [5.74, 6) is -1.30. The number of methoxy groups -OCH3 is 1. The highest BCUT2D eigenvalue weighted by Gasteiger charge is 2.44. The number of hydrogen-bond donors (Lipinski definition) is 1. The molecule has 2 aliphatic heterocycles. The lowest BCUT2D eigenvalue weighted by atomic mass is 9.78. The van der Waals surface area contributed by atoms with Gasteiger partial charge in [-0.05, 0) is 99.4 Å². The molecular weight excluding hydrogens is 629 g/mol. The number of benzene rings is 3. The molecule has 2 fully saturated rings. The molecule has 2 heterocycles. The van der Waals surface area contributed by atoms with Gasteiger partial charge in [0.1, 0.15) is 22.9 Å². The molecule has 3 aliphatic rings. The largest absolute Gasteiger partial charge is 0.508 e. The molecule has 1 saturated heterocycles. The first-order chi connectivity index (χ1) is 23.4. The van der Waals surface area contributed by atoms with Crippen LogP contribution in [0.25, 0.3) is 11.1 Å². The first kappa shape index (κ1) is 34.2. The van der Waals surface area contributed by atoms with Crippen LogP contribution in [0.1, 0.15) is 57.9 Å². The number of phenols is 1. The van der Waals surface area contributed by atoms with Crippen molar-refractivity contribution in [2.75, 3.05) is 49.8 Å². The zero-order valence-electron chi connectivity index (χ0n) is 28.5. The first-order valence-electron chi connectivity index (χ1n) is 16.9. The lowest BCUT2D eigenvalue weighted by Crippen LogP contribution is -2.51. The van der Waals surface area contributed by atoms with Gasteiger partial charge in [-0.15, -0.1) is 0 Å². The van der Waals surface area contributed by atoms with E-state index < -0.39 is 23.4 Å². The summed E-state index contributed by atoms with van der Waals surface area (Å²) in [7, 11) is 1.62. The maximum atomic E-state index is 14.9. The van der Waals surface area contributed by atoms with Gasteiger partial charge in [0.15, 0.2) is 6.61 Å². The van der Waals surface area contributed by atoms with Crippen molar-refractivity contribution in [3.8, 4) is 22.6 Å². The second-order valence-corrected chi connectivity index (χ2v) is 14.0. The summed E-state index contributed by atoms with van der Waals surface area (Å²) in [6.07, 6.45) is 2.35. The van der Waals surface area contributed by atoms with Crippen molar-refractivity contribution < 1.29 is 38.1 Å². The van der Waals surface area contributed by atoms with Crippen LogP contribution in [0.5, 0.6) is 11.5 Å². The molecule has 49 heavy (non-hydrogen) atoms. The Labute approximate surface area is 286 Å². The summed E-state index contributed by atoms with van der Waals surface area (Å²) in [6, 6.07) is 17.0. The zero-order valence-corrected chi connectivity index (χ0v) is 28.5. The van der Waals surface area contributed by atoms with E-state index in [-0.39, 0.29) is 42.7 Å². The third kappa shape index (κ3) is 7.83. The number of piperidine rings is 1. The quantitative estimate of drug-likeness (QED) is 0.259. The third-order valence-electron chi connectivity index (χ3n) is 9.16. The van der Waals surface area contributed by atoms with Gasteiger partial charge in [0.05, 0.1) is 11.6 Å². The van der Waals surface area contributed by atoms with E-state index in [0.717, 1.165) is 24.5 Å². The minimum atomic E-state index is -0.698. The summed E-state index contributed by atoms with van der Waals surface area (Å²) >= 11 is 0. The van der Waals surface area contributed by atoms with Crippen LogP contribution in [-0.2, 0) is 19.1 Å². The lowest BCUT2D eigenvalue weighted by Gasteiger charge is -2.41. The number of amides is 3. The van der Waals surface area contributed by atoms with E-state index in [1.807, 2.05) is 68.1 Å². The number of anilines is 2. The fourth-order valence-corrected chi connectivity index (χ4v) is 6.77. The Bertz CT molecular complexity index is 1700. The minimum Gasteiger partial charge on any atom is -0.508 e. The summed E-state index contributed by atoms with van der Waals surface area (Å²) in [6.45, 7) is 6.90. The number of ether oxygens (including phenoxy) is 3. The highest BCUT2D eigenvalue weighted by Crippen LogP contribution is 2.43. The smallest absolute Gasteiger partial charge is 0.410 e. The van der Waals surface area contributed by atoms with Crippen LogP contribution in [0.15, 0.2) is 60.7 Å². The van der Waals surface area contributed by atoms with Gasteiger partial charge < -0.3 is 34.0 Å². The predicted molar refractivity (Wildman–Crippen MR) is 183 cm³/mol. The molecule has 1 saturated carbocycles. The van der Waals surface area contributed by atoms with Gasteiger partial charge in [-0.2, -0.15) is 0 Å². The zero-order chi connectivity index (χ0) is 34.9. The molecule has 2 atom stereocenters.